The molecule has 4 nitrogen and oxygen atoms in total. The standard InChI is InChI=1S/C17H23N3O/c1-10(2)15-12(4)19-16(20-17(15)18-5)13-7-8-14(21-6)11(3)9-13/h7-10H,1-6H3,(H,18,19,20). The first-order chi connectivity index (χ1) is 9.97. The van der Waals surface area contributed by atoms with E-state index in [-0.39, 0.29) is 0 Å². The lowest BCUT2D eigenvalue weighted by atomic mass is 10.0. The molecule has 0 unspecified atom stereocenters. The summed E-state index contributed by atoms with van der Waals surface area (Å²) >= 11 is 0. The molecule has 0 aliphatic rings. The van der Waals surface area contributed by atoms with E-state index in [1.807, 2.05) is 33.0 Å². The van der Waals surface area contributed by atoms with Crippen molar-refractivity contribution in [2.45, 2.75) is 33.6 Å². The van der Waals surface area contributed by atoms with Crippen molar-refractivity contribution in [1.29, 1.82) is 0 Å². The molecule has 1 N–H and O–H groups in total. The van der Waals surface area contributed by atoms with E-state index in [1.165, 1.54) is 5.56 Å². The third kappa shape index (κ3) is 2.99. The molecule has 2 aromatic rings. The second kappa shape index (κ2) is 6.12. The van der Waals surface area contributed by atoms with E-state index >= 15 is 0 Å². The summed E-state index contributed by atoms with van der Waals surface area (Å²) in [5.41, 5.74) is 4.28. The molecule has 0 aliphatic carbocycles. The first kappa shape index (κ1) is 15.3. The van der Waals surface area contributed by atoms with Gasteiger partial charge in [0.05, 0.1) is 7.11 Å². The molecule has 1 aromatic carbocycles. The predicted molar refractivity (Wildman–Crippen MR) is 87.1 cm³/mol. The maximum Gasteiger partial charge on any atom is 0.161 e. The Hall–Kier alpha value is -2.10. The fraction of sp³-hybridized carbons (Fsp3) is 0.412. The van der Waals surface area contributed by atoms with Crippen molar-refractivity contribution in [1.82, 2.24) is 9.97 Å². The van der Waals surface area contributed by atoms with Gasteiger partial charge in [-0.3, -0.25) is 0 Å². The van der Waals surface area contributed by atoms with Crippen LogP contribution in [0, 0.1) is 13.8 Å². The van der Waals surface area contributed by atoms with Crippen molar-refractivity contribution in [2.24, 2.45) is 0 Å². The molecule has 112 valence electrons. The molecule has 0 spiro atoms. The zero-order chi connectivity index (χ0) is 15.6. The summed E-state index contributed by atoms with van der Waals surface area (Å²) in [6.07, 6.45) is 0. The normalized spacial score (nSPS) is 10.8. The van der Waals surface area contributed by atoms with Crippen LogP contribution >= 0.6 is 0 Å². The Kier molecular flexibility index (Phi) is 4.46. The van der Waals surface area contributed by atoms with Gasteiger partial charge in [0.2, 0.25) is 0 Å². The summed E-state index contributed by atoms with van der Waals surface area (Å²) in [6.45, 7) is 8.38. The molecule has 2 rings (SSSR count). The summed E-state index contributed by atoms with van der Waals surface area (Å²) in [7, 11) is 3.58. The summed E-state index contributed by atoms with van der Waals surface area (Å²) in [5.74, 6) is 2.91. The minimum Gasteiger partial charge on any atom is -0.496 e. The van der Waals surface area contributed by atoms with E-state index in [0.29, 0.717) is 5.92 Å². The molecule has 0 bridgehead atoms. The molecule has 0 saturated carbocycles. The van der Waals surface area contributed by atoms with Crippen molar-refractivity contribution in [3.8, 4) is 17.1 Å². The van der Waals surface area contributed by atoms with E-state index in [1.54, 1.807) is 7.11 Å². The number of nitrogens with zero attached hydrogens (tertiary/aromatic N) is 2. The second-order valence-corrected chi connectivity index (χ2v) is 5.48. The van der Waals surface area contributed by atoms with Crippen LogP contribution in [0.3, 0.4) is 0 Å². The molecular formula is C17H23N3O. The fourth-order valence-electron chi connectivity index (χ4n) is 2.61. The van der Waals surface area contributed by atoms with Crippen LogP contribution in [0.1, 0.15) is 36.6 Å². The summed E-state index contributed by atoms with van der Waals surface area (Å²) in [6, 6.07) is 6.01. The maximum absolute atomic E-state index is 5.30. The van der Waals surface area contributed by atoms with Crippen LogP contribution in [-0.4, -0.2) is 24.1 Å². The minimum atomic E-state index is 0.388. The Balaban J connectivity index is 2.55. The van der Waals surface area contributed by atoms with Gasteiger partial charge in [0.25, 0.3) is 0 Å². The molecule has 1 heterocycles. The van der Waals surface area contributed by atoms with Crippen molar-refractivity contribution in [3.05, 3.63) is 35.0 Å². The average Bonchev–Trinajstić information content (AvgIpc) is 2.45. The Morgan fingerprint density at radius 3 is 2.38 bits per heavy atom. The number of hydrogen-bond donors (Lipinski definition) is 1. The van der Waals surface area contributed by atoms with E-state index in [2.05, 4.69) is 35.2 Å². The highest BCUT2D eigenvalue weighted by Crippen LogP contribution is 2.29. The van der Waals surface area contributed by atoms with Crippen LogP contribution in [0.4, 0.5) is 5.82 Å². The first-order valence-electron chi connectivity index (χ1n) is 7.19. The van der Waals surface area contributed by atoms with Gasteiger partial charge in [-0.05, 0) is 43.5 Å². The largest absolute Gasteiger partial charge is 0.496 e. The summed E-state index contributed by atoms with van der Waals surface area (Å²) in [5, 5.41) is 3.19. The number of aryl methyl sites for hydroxylation is 2. The molecule has 1 aromatic heterocycles. The zero-order valence-electron chi connectivity index (χ0n) is 13.6. The quantitative estimate of drug-likeness (QED) is 0.924. The van der Waals surface area contributed by atoms with Crippen LogP contribution in [-0.2, 0) is 0 Å². The van der Waals surface area contributed by atoms with E-state index in [0.717, 1.165) is 34.2 Å². The number of hydrogen-bond acceptors (Lipinski definition) is 4. The molecule has 0 amide bonds. The number of ether oxygens (including phenoxy) is 1. The van der Waals surface area contributed by atoms with Crippen molar-refractivity contribution >= 4 is 5.82 Å². The molecule has 21 heavy (non-hydrogen) atoms. The van der Waals surface area contributed by atoms with E-state index in [4.69, 9.17) is 4.74 Å². The highest BCUT2D eigenvalue weighted by atomic mass is 16.5. The lowest BCUT2D eigenvalue weighted by molar-refractivity contribution is 0.412. The van der Waals surface area contributed by atoms with Crippen LogP contribution in [0.2, 0.25) is 0 Å². The highest BCUT2D eigenvalue weighted by Gasteiger charge is 2.15. The third-order valence-corrected chi connectivity index (χ3v) is 3.60. The monoisotopic (exact) mass is 285 g/mol. The van der Waals surface area contributed by atoms with Gasteiger partial charge in [-0.15, -0.1) is 0 Å². The smallest absolute Gasteiger partial charge is 0.161 e. The molecule has 0 saturated heterocycles. The predicted octanol–water partition coefficient (Wildman–Crippen LogP) is 3.93. The minimum absolute atomic E-state index is 0.388. The number of nitrogens with one attached hydrogen (secondary N) is 1. The maximum atomic E-state index is 5.30. The molecule has 0 aliphatic heterocycles. The van der Waals surface area contributed by atoms with Gasteiger partial charge in [-0.2, -0.15) is 0 Å². The van der Waals surface area contributed by atoms with Crippen LogP contribution in [0.15, 0.2) is 18.2 Å². The van der Waals surface area contributed by atoms with Gasteiger partial charge in [-0.1, -0.05) is 13.8 Å². The van der Waals surface area contributed by atoms with Gasteiger partial charge in [0.1, 0.15) is 11.6 Å². The topological polar surface area (TPSA) is 47.0 Å². The van der Waals surface area contributed by atoms with Crippen LogP contribution in [0.25, 0.3) is 11.4 Å². The van der Waals surface area contributed by atoms with Gasteiger partial charge in [-0.25, -0.2) is 9.97 Å². The molecule has 0 atom stereocenters. The Bertz CT molecular complexity index is 651. The third-order valence-electron chi connectivity index (χ3n) is 3.60. The molecular weight excluding hydrogens is 262 g/mol. The van der Waals surface area contributed by atoms with E-state index in [9.17, 15) is 0 Å². The number of methoxy groups -OCH3 is 1. The Labute approximate surface area is 126 Å². The van der Waals surface area contributed by atoms with Crippen molar-refractivity contribution in [2.75, 3.05) is 19.5 Å². The molecule has 0 fully saturated rings. The highest BCUT2D eigenvalue weighted by molar-refractivity contribution is 5.62. The van der Waals surface area contributed by atoms with Gasteiger partial charge < -0.3 is 10.1 Å². The lowest BCUT2D eigenvalue weighted by Crippen LogP contribution is -2.07. The Morgan fingerprint density at radius 2 is 1.86 bits per heavy atom. The van der Waals surface area contributed by atoms with Gasteiger partial charge in [0, 0.05) is 23.9 Å². The van der Waals surface area contributed by atoms with Crippen LogP contribution < -0.4 is 10.1 Å². The Morgan fingerprint density at radius 1 is 1.14 bits per heavy atom. The second-order valence-electron chi connectivity index (χ2n) is 5.48. The number of benzene rings is 1. The number of rotatable bonds is 4. The van der Waals surface area contributed by atoms with Crippen molar-refractivity contribution in [3.63, 3.8) is 0 Å². The molecule has 4 heteroatoms. The molecule has 0 radical (unpaired) electrons. The average molecular weight is 285 g/mol. The zero-order valence-corrected chi connectivity index (χ0v) is 13.6. The summed E-state index contributed by atoms with van der Waals surface area (Å²) in [4.78, 5) is 9.36. The first-order valence-corrected chi connectivity index (χ1v) is 7.19. The van der Waals surface area contributed by atoms with E-state index < -0.39 is 0 Å². The number of anilines is 1. The van der Waals surface area contributed by atoms with Crippen LogP contribution in [0.5, 0.6) is 5.75 Å². The lowest BCUT2D eigenvalue weighted by Gasteiger charge is -2.16. The van der Waals surface area contributed by atoms with Gasteiger partial charge >= 0.3 is 0 Å². The number of aromatic nitrogens is 2. The van der Waals surface area contributed by atoms with Crippen molar-refractivity contribution < 1.29 is 4.74 Å². The van der Waals surface area contributed by atoms with Gasteiger partial charge in [0.15, 0.2) is 5.82 Å². The summed E-state index contributed by atoms with van der Waals surface area (Å²) < 4.78 is 5.30. The fourth-order valence-corrected chi connectivity index (χ4v) is 2.61. The SMILES string of the molecule is CNc1nc(-c2ccc(OC)c(C)c2)nc(C)c1C(C)C.